The lowest BCUT2D eigenvalue weighted by Crippen LogP contribution is -2.57. The van der Waals surface area contributed by atoms with Crippen LogP contribution in [-0.4, -0.2) is 47.1 Å². The van der Waals surface area contributed by atoms with E-state index < -0.39 is 41.7 Å². The molecule has 1 fully saturated rings. The van der Waals surface area contributed by atoms with Crippen LogP contribution in [0.25, 0.3) is 0 Å². The molecule has 0 aliphatic carbocycles. The molecule has 0 spiro atoms. The number of ether oxygens (including phenoxy) is 1. The van der Waals surface area contributed by atoms with Crippen molar-refractivity contribution in [2.75, 3.05) is 13.1 Å². The molecule has 1 heterocycles. The summed E-state index contributed by atoms with van der Waals surface area (Å²) in [5, 5.41) is 0. The Hall–Kier alpha value is -4.02. The van der Waals surface area contributed by atoms with Crippen molar-refractivity contribution < 1.29 is 40.7 Å². The summed E-state index contributed by atoms with van der Waals surface area (Å²) < 4.78 is 80.9. The van der Waals surface area contributed by atoms with E-state index in [-0.39, 0.29) is 25.2 Å². The van der Waals surface area contributed by atoms with Gasteiger partial charge in [0.15, 0.2) is 0 Å². The third-order valence-corrected chi connectivity index (χ3v) is 6.36. The minimum absolute atomic E-state index is 0.0618. The average molecular weight is 550 g/mol. The van der Waals surface area contributed by atoms with Crippen LogP contribution in [0.1, 0.15) is 33.5 Å². The van der Waals surface area contributed by atoms with Gasteiger partial charge in [-0.1, -0.05) is 42.5 Å². The van der Waals surface area contributed by atoms with Gasteiger partial charge in [-0.15, -0.1) is 13.2 Å². The molecule has 0 unspecified atom stereocenters. The summed E-state index contributed by atoms with van der Waals surface area (Å²) in [4.78, 5) is 29.2. The molecular formula is C28H24F6N2O3. The topological polar surface area (TPSA) is 49.9 Å². The third kappa shape index (κ3) is 7.52. The maximum atomic E-state index is 13.2. The quantitative estimate of drug-likeness (QED) is 0.335. The van der Waals surface area contributed by atoms with E-state index in [0.717, 1.165) is 29.8 Å². The Balaban J connectivity index is 1.53. The van der Waals surface area contributed by atoms with E-state index in [0.29, 0.717) is 18.4 Å². The molecular weight excluding hydrogens is 526 g/mol. The molecule has 2 amide bonds. The van der Waals surface area contributed by atoms with Gasteiger partial charge in [0.05, 0.1) is 11.6 Å². The number of rotatable bonds is 7. The van der Waals surface area contributed by atoms with Gasteiger partial charge in [0.1, 0.15) is 12.3 Å². The fourth-order valence-corrected chi connectivity index (χ4v) is 4.50. The lowest BCUT2D eigenvalue weighted by atomic mass is 9.99. The van der Waals surface area contributed by atoms with Crippen molar-refractivity contribution in [1.29, 1.82) is 0 Å². The third-order valence-electron chi connectivity index (χ3n) is 6.36. The second-order valence-electron chi connectivity index (χ2n) is 9.16. The summed E-state index contributed by atoms with van der Waals surface area (Å²) in [6.07, 6.45) is -8.40. The summed E-state index contributed by atoms with van der Waals surface area (Å²) in [6, 6.07) is 18.1. The predicted octanol–water partition coefficient (Wildman–Crippen LogP) is 6.09. The Morgan fingerprint density at radius 1 is 0.872 bits per heavy atom. The van der Waals surface area contributed by atoms with Crippen molar-refractivity contribution in [3.63, 3.8) is 0 Å². The molecule has 11 heteroatoms. The highest BCUT2D eigenvalue weighted by atomic mass is 19.4. The maximum absolute atomic E-state index is 13.2. The summed E-state index contributed by atoms with van der Waals surface area (Å²) in [7, 11) is 0. The van der Waals surface area contributed by atoms with Gasteiger partial charge in [-0.25, -0.2) is 0 Å². The van der Waals surface area contributed by atoms with E-state index in [1.54, 1.807) is 0 Å². The molecule has 1 aliphatic rings. The van der Waals surface area contributed by atoms with Gasteiger partial charge in [-0.05, 0) is 60.4 Å². The molecule has 0 N–H and O–H groups in total. The number of hydrogen-bond donors (Lipinski definition) is 0. The molecule has 4 rings (SSSR count). The van der Waals surface area contributed by atoms with E-state index in [1.165, 1.54) is 34.1 Å². The number of benzene rings is 3. The van der Waals surface area contributed by atoms with Crippen LogP contribution in [0.2, 0.25) is 0 Å². The molecule has 206 valence electrons. The Labute approximate surface area is 220 Å². The molecule has 3 aromatic carbocycles. The van der Waals surface area contributed by atoms with Crippen LogP contribution in [-0.2, 0) is 23.9 Å². The Morgan fingerprint density at radius 2 is 1.54 bits per heavy atom. The van der Waals surface area contributed by atoms with Crippen molar-refractivity contribution in [2.24, 2.45) is 0 Å². The second kappa shape index (κ2) is 11.4. The van der Waals surface area contributed by atoms with Crippen molar-refractivity contribution in [3.8, 4) is 5.75 Å². The Morgan fingerprint density at radius 3 is 2.18 bits per heavy atom. The minimum atomic E-state index is -4.88. The molecule has 1 saturated heterocycles. The van der Waals surface area contributed by atoms with Gasteiger partial charge in [0, 0.05) is 18.7 Å². The number of carbonyl (C=O) groups is 2. The molecule has 1 atom stereocenters. The molecule has 0 radical (unpaired) electrons. The molecule has 1 aliphatic heterocycles. The summed E-state index contributed by atoms with van der Waals surface area (Å²) in [5.41, 5.74) is 0.557. The monoisotopic (exact) mass is 550 g/mol. The van der Waals surface area contributed by atoms with E-state index in [2.05, 4.69) is 4.74 Å². The lowest BCUT2D eigenvalue weighted by molar-refractivity contribution is -0.274. The zero-order valence-electron chi connectivity index (χ0n) is 20.5. The molecule has 39 heavy (non-hydrogen) atoms. The van der Waals surface area contributed by atoms with Crippen LogP contribution in [0.3, 0.4) is 0 Å². The fourth-order valence-electron chi connectivity index (χ4n) is 4.50. The van der Waals surface area contributed by atoms with Crippen LogP contribution in [0.15, 0.2) is 78.9 Å². The number of aryl methyl sites for hydroxylation is 1. The van der Waals surface area contributed by atoms with Gasteiger partial charge in [0.25, 0.3) is 5.91 Å². The number of alkyl halides is 6. The van der Waals surface area contributed by atoms with E-state index in [9.17, 15) is 35.9 Å². The number of piperazine rings is 1. The first-order valence-electron chi connectivity index (χ1n) is 12.0. The molecule has 0 aromatic heterocycles. The van der Waals surface area contributed by atoms with Gasteiger partial charge in [-0.3, -0.25) is 9.59 Å². The second-order valence-corrected chi connectivity index (χ2v) is 9.16. The van der Waals surface area contributed by atoms with Gasteiger partial charge >= 0.3 is 12.5 Å². The average Bonchev–Trinajstić information content (AvgIpc) is 2.88. The predicted molar refractivity (Wildman–Crippen MR) is 130 cm³/mol. The highest BCUT2D eigenvalue weighted by Gasteiger charge is 2.36. The van der Waals surface area contributed by atoms with Crippen LogP contribution in [0.4, 0.5) is 26.3 Å². The fraction of sp³-hybridized carbons (Fsp3) is 0.286. The largest absolute Gasteiger partial charge is 0.573 e. The molecule has 0 bridgehead atoms. The number of nitrogens with zero attached hydrogens (tertiary/aromatic N) is 2. The minimum Gasteiger partial charge on any atom is -0.406 e. The van der Waals surface area contributed by atoms with Gasteiger partial charge in [0.2, 0.25) is 5.91 Å². The Bertz CT molecular complexity index is 1290. The van der Waals surface area contributed by atoms with E-state index in [4.69, 9.17) is 0 Å². The number of carbonyl (C=O) groups excluding carboxylic acids is 2. The normalized spacial score (nSPS) is 16.4. The lowest BCUT2D eigenvalue weighted by Gasteiger charge is -2.41. The van der Waals surface area contributed by atoms with Crippen LogP contribution in [0.5, 0.6) is 5.75 Å². The first-order chi connectivity index (χ1) is 18.4. The molecule has 5 nitrogen and oxygen atoms in total. The standard InChI is InChI=1S/C28H24F6N2O3/c29-27(30,31)22-8-4-7-20(15-22)16-36-23(12-9-19-5-2-1-3-6-19)17-35(18-25(36)37)26(38)21-10-13-24(14-11-21)39-28(32,33)34/h1-8,10-11,13-15,23H,9,12,16-18H2/t23-/m0/s1. The first-order valence-corrected chi connectivity index (χ1v) is 12.0. The highest BCUT2D eigenvalue weighted by molar-refractivity contribution is 5.97. The van der Waals surface area contributed by atoms with E-state index >= 15 is 0 Å². The van der Waals surface area contributed by atoms with Crippen molar-refractivity contribution in [2.45, 2.75) is 38.0 Å². The SMILES string of the molecule is O=C(c1ccc(OC(F)(F)F)cc1)N1CC(=O)N(Cc2cccc(C(F)(F)F)c2)[C@@H](CCc2ccccc2)C1. The first kappa shape index (κ1) is 28.0. The van der Waals surface area contributed by atoms with Crippen molar-refractivity contribution in [3.05, 3.63) is 101 Å². The van der Waals surface area contributed by atoms with Crippen molar-refractivity contribution >= 4 is 11.8 Å². The number of amides is 2. The summed E-state index contributed by atoms with van der Waals surface area (Å²) >= 11 is 0. The summed E-state index contributed by atoms with van der Waals surface area (Å²) in [6.45, 7) is -0.272. The van der Waals surface area contributed by atoms with E-state index in [1.807, 2.05) is 30.3 Å². The molecule has 3 aromatic rings. The van der Waals surface area contributed by atoms with Crippen molar-refractivity contribution in [1.82, 2.24) is 9.80 Å². The smallest absolute Gasteiger partial charge is 0.406 e. The van der Waals surface area contributed by atoms with Gasteiger partial charge < -0.3 is 14.5 Å². The van der Waals surface area contributed by atoms with Gasteiger partial charge in [-0.2, -0.15) is 13.2 Å². The maximum Gasteiger partial charge on any atom is 0.573 e. The Kier molecular flexibility index (Phi) is 8.17. The molecule has 0 saturated carbocycles. The van der Waals surface area contributed by atoms with Crippen LogP contribution in [0, 0.1) is 0 Å². The van der Waals surface area contributed by atoms with Crippen LogP contribution < -0.4 is 4.74 Å². The number of halogens is 6. The van der Waals surface area contributed by atoms with Crippen LogP contribution >= 0.6 is 0 Å². The number of hydrogen-bond acceptors (Lipinski definition) is 3. The highest BCUT2D eigenvalue weighted by Crippen LogP contribution is 2.30. The zero-order valence-corrected chi connectivity index (χ0v) is 20.5. The summed E-state index contributed by atoms with van der Waals surface area (Å²) in [5.74, 6) is -1.48. The zero-order chi connectivity index (χ0) is 28.2.